The van der Waals surface area contributed by atoms with Crippen LogP contribution >= 0.6 is 24.0 Å². The summed E-state index contributed by atoms with van der Waals surface area (Å²) in [6, 6.07) is 8.62. The molecule has 172 valence electrons. The summed E-state index contributed by atoms with van der Waals surface area (Å²) in [6.45, 7) is 9.48. The Morgan fingerprint density at radius 3 is 2.50 bits per heavy atom. The molecule has 1 unspecified atom stereocenters. The summed E-state index contributed by atoms with van der Waals surface area (Å²) in [5.41, 5.74) is 1.27. The minimum atomic E-state index is 0. The summed E-state index contributed by atoms with van der Waals surface area (Å²) in [5.74, 6) is 1.73. The van der Waals surface area contributed by atoms with Crippen LogP contribution in [0.5, 0.6) is 5.75 Å². The Kier molecular flexibility index (Phi) is 14.1. The van der Waals surface area contributed by atoms with Crippen molar-refractivity contribution in [1.82, 2.24) is 20.4 Å². The van der Waals surface area contributed by atoms with Gasteiger partial charge in [0, 0.05) is 39.8 Å². The number of likely N-dealkylation sites (N-methyl/N-ethyl adjacent to an activating group) is 1. The lowest BCUT2D eigenvalue weighted by atomic mass is 10.0. The van der Waals surface area contributed by atoms with E-state index in [0.717, 1.165) is 64.2 Å². The summed E-state index contributed by atoms with van der Waals surface area (Å²) in [7, 11) is 5.70. The highest BCUT2D eigenvalue weighted by molar-refractivity contribution is 14.0. The van der Waals surface area contributed by atoms with Crippen LogP contribution in [-0.4, -0.2) is 89.4 Å². The number of hydrogen-bond acceptors (Lipinski definition) is 5. The van der Waals surface area contributed by atoms with Gasteiger partial charge in [-0.2, -0.15) is 0 Å². The Morgan fingerprint density at radius 2 is 1.90 bits per heavy atom. The topological polar surface area (TPSA) is 61.4 Å². The molecule has 2 N–H and O–H groups in total. The highest BCUT2D eigenvalue weighted by atomic mass is 127. The molecule has 1 fully saturated rings. The molecule has 0 saturated carbocycles. The SMILES string of the molecule is CCCCN(C)CCNC(=NC)NCC(c1ccc(OC)cc1)N1CCOCC1.I. The zero-order chi connectivity index (χ0) is 20.9. The number of unbranched alkanes of at least 4 members (excludes halogenated alkanes) is 1. The van der Waals surface area contributed by atoms with Gasteiger partial charge in [-0.05, 0) is 37.7 Å². The minimum Gasteiger partial charge on any atom is -0.497 e. The zero-order valence-corrected chi connectivity index (χ0v) is 21.4. The minimum absolute atomic E-state index is 0. The van der Waals surface area contributed by atoms with Crippen molar-refractivity contribution >= 4 is 29.9 Å². The molecule has 8 heteroatoms. The first-order valence-corrected chi connectivity index (χ1v) is 10.8. The molecular formula is C22H40IN5O2. The molecule has 0 spiro atoms. The van der Waals surface area contributed by atoms with Crippen LogP contribution in [0.15, 0.2) is 29.3 Å². The van der Waals surface area contributed by atoms with Crippen LogP contribution in [0.25, 0.3) is 0 Å². The van der Waals surface area contributed by atoms with Gasteiger partial charge < -0.3 is 25.0 Å². The van der Waals surface area contributed by atoms with Crippen molar-refractivity contribution in [2.45, 2.75) is 25.8 Å². The number of guanidine groups is 1. The van der Waals surface area contributed by atoms with E-state index in [1.807, 2.05) is 19.2 Å². The molecule has 2 rings (SSSR count). The smallest absolute Gasteiger partial charge is 0.191 e. The van der Waals surface area contributed by atoms with Crippen molar-refractivity contribution < 1.29 is 9.47 Å². The molecular weight excluding hydrogens is 493 g/mol. The number of aliphatic imine (C=N–C) groups is 1. The molecule has 0 bridgehead atoms. The molecule has 1 aromatic carbocycles. The van der Waals surface area contributed by atoms with Crippen molar-refractivity contribution in [3.8, 4) is 5.75 Å². The van der Waals surface area contributed by atoms with Crippen LogP contribution < -0.4 is 15.4 Å². The number of benzene rings is 1. The van der Waals surface area contributed by atoms with Gasteiger partial charge in [0.1, 0.15) is 5.75 Å². The van der Waals surface area contributed by atoms with E-state index in [1.165, 1.54) is 18.4 Å². The first-order valence-electron chi connectivity index (χ1n) is 10.8. The molecule has 1 atom stereocenters. The molecule has 1 aromatic rings. The monoisotopic (exact) mass is 533 g/mol. The summed E-state index contributed by atoms with van der Waals surface area (Å²) in [4.78, 5) is 9.23. The van der Waals surface area contributed by atoms with Crippen molar-refractivity contribution in [3.05, 3.63) is 29.8 Å². The number of hydrogen-bond donors (Lipinski definition) is 2. The zero-order valence-electron chi connectivity index (χ0n) is 19.0. The van der Waals surface area contributed by atoms with Gasteiger partial charge in [0.15, 0.2) is 5.96 Å². The predicted octanol–water partition coefficient (Wildman–Crippen LogP) is 2.58. The average molecular weight is 533 g/mol. The molecule has 30 heavy (non-hydrogen) atoms. The lowest BCUT2D eigenvalue weighted by Gasteiger charge is -2.35. The van der Waals surface area contributed by atoms with E-state index in [9.17, 15) is 0 Å². The number of halogens is 1. The highest BCUT2D eigenvalue weighted by Gasteiger charge is 2.23. The van der Waals surface area contributed by atoms with Gasteiger partial charge >= 0.3 is 0 Å². The third-order valence-electron chi connectivity index (χ3n) is 5.35. The molecule has 1 aliphatic rings. The molecule has 7 nitrogen and oxygen atoms in total. The number of methoxy groups -OCH3 is 1. The summed E-state index contributed by atoms with van der Waals surface area (Å²) in [6.07, 6.45) is 2.47. The van der Waals surface area contributed by atoms with Crippen molar-refractivity contribution in [2.75, 3.05) is 73.7 Å². The summed E-state index contributed by atoms with van der Waals surface area (Å²) in [5, 5.41) is 6.96. The number of nitrogens with one attached hydrogen (secondary N) is 2. The average Bonchev–Trinajstić information content (AvgIpc) is 2.77. The maximum absolute atomic E-state index is 5.55. The van der Waals surface area contributed by atoms with Crippen LogP contribution in [-0.2, 0) is 4.74 Å². The van der Waals surface area contributed by atoms with E-state index in [0.29, 0.717) is 0 Å². The normalized spacial score (nSPS) is 16.1. The molecule has 1 heterocycles. The fraction of sp³-hybridized carbons (Fsp3) is 0.682. The van der Waals surface area contributed by atoms with Gasteiger partial charge in [0.05, 0.1) is 26.4 Å². The molecule has 0 aromatic heterocycles. The summed E-state index contributed by atoms with van der Waals surface area (Å²) >= 11 is 0. The van der Waals surface area contributed by atoms with Gasteiger partial charge in [-0.25, -0.2) is 0 Å². The third kappa shape index (κ3) is 9.36. The second-order valence-electron chi connectivity index (χ2n) is 7.47. The first-order chi connectivity index (χ1) is 14.2. The second-order valence-corrected chi connectivity index (χ2v) is 7.47. The Labute approximate surface area is 199 Å². The third-order valence-corrected chi connectivity index (χ3v) is 5.35. The van der Waals surface area contributed by atoms with E-state index in [1.54, 1.807) is 7.11 Å². The largest absolute Gasteiger partial charge is 0.497 e. The molecule has 1 aliphatic heterocycles. The van der Waals surface area contributed by atoms with E-state index in [-0.39, 0.29) is 30.0 Å². The van der Waals surface area contributed by atoms with Gasteiger partial charge in [-0.3, -0.25) is 9.89 Å². The fourth-order valence-electron chi connectivity index (χ4n) is 3.49. The lowest BCUT2D eigenvalue weighted by Crippen LogP contribution is -2.47. The Bertz CT molecular complexity index is 594. The van der Waals surface area contributed by atoms with Crippen molar-refractivity contribution in [2.24, 2.45) is 4.99 Å². The quantitative estimate of drug-likeness (QED) is 0.259. The van der Waals surface area contributed by atoms with E-state index >= 15 is 0 Å². The van der Waals surface area contributed by atoms with Crippen LogP contribution in [0.3, 0.4) is 0 Å². The van der Waals surface area contributed by atoms with Gasteiger partial charge in [0.25, 0.3) is 0 Å². The van der Waals surface area contributed by atoms with E-state index in [4.69, 9.17) is 9.47 Å². The van der Waals surface area contributed by atoms with Gasteiger partial charge in [0.2, 0.25) is 0 Å². The Hall–Kier alpha value is -1.10. The Morgan fingerprint density at radius 1 is 1.20 bits per heavy atom. The molecule has 0 amide bonds. The first kappa shape index (κ1) is 26.9. The predicted molar refractivity (Wildman–Crippen MR) is 135 cm³/mol. The number of morpholine rings is 1. The highest BCUT2D eigenvalue weighted by Crippen LogP contribution is 2.23. The number of nitrogens with zero attached hydrogens (tertiary/aromatic N) is 3. The van der Waals surface area contributed by atoms with Gasteiger partial charge in [-0.1, -0.05) is 25.5 Å². The van der Waals surface area contributed by atoms with Crippen LogP contribution in [0.1, 0.15) is 31.4 Å². The van der Waals surface area contributed by atoms with Crippen molar-refractivity contribution in [3.63, 3.8) is 0 Å². The summed E-state index contributed by atoms with van der Waals surface area (Å²) < 4.78 is 10.9. The maximum Gasteiger partial charge on any atom is 0.191 e. The standard InChI is InChI=1S/C22H39N5O2.HI/c1-5-6-12-26(3)13-11-24-22(23-2)25-18-21(27-14-16-29-17-15-27)19-7-9-20(28-4)10-8-19;/h7-10,21H,5-6,11-18H2,1-4H3,(H2,23,24,25);1H. The molecule has 0 radical (unpaired) electrons. The van der Waals surface area contributed by atoms with Crippen molar-refractivity contribution in [1.29, 1.82) is 0 Å². The molecule has 1 saturated heterocycles. The maximum atomic E-state index is 5.55. The van der Waals surface area contributed by atoms with Crippen LogP contribution in [0.4, 0.5) is 0 Å². The fourth-order valence-corrected chi connectivity index (χ4v) is 3.49. The van der Waals surface area contributed by atoms with Gasteiger partial charge in [-0.15, -0.1) is 24.0 Å². The van der Waals surface area contributed by atoms with E-state index in [2.05, 4.69) is 51.5 Å². The van der Waals surface area contributed by atoms with Crippen LogP contribution in [0, 0.1) is 0 Å². The Balaban J connectivity index is 0.00000450. The molecule has 0 aliphatic carbocycles. The van der Waals surface area contributed by atoms with Crippen LogP contribution in [0.2, 0.25) is 0 Å². The number of ether oxygens (including phenoxy) is 2. The number of rotatable bonds is 11. The van der Waals surface area contributed by atoms with E-state index < -0.39 is 0 Å². The lowest BCUT2D eigenvalue weighted by molar-refractivity contribution is 0.0170. The second kappa shape index (κ2) is 15.7.